The second kappa shape index (κ2) is 9.82. The topological polar surface area (TPSA) is 78.8 Å². The molecule has 28 heavy (non-hydrogen) atoms. The van der Waals surface area contributed by atoms with Gasteiger partial charge in [0.1, 0.15) is 6.54 Å². The standard InChI is InChI=1S/C21H28N2O5/c1-6-27-18-9-8-16(11-19(18)26-5)12-22-20(24)13-23-14(3)10-17(15(23)4)21(25)28-7-2/h8-11H,6-7,12-13H2,1-5H3,(H,22,24). The molecule has 7 nitrogen and oxygen atoms in total. The molecule has 7 heteroatoms. The number of aryl methyl sites for hydroxylation is 1. The summed E-state index contributed by atoms with van der Waals surface area (Å²) in [6.07, 6.45) is 0. The third-order valence-electron chi connectivity index (χ3n) is 4.39. The molecule has 0 atom stereocenters. The van der Waals surface area contributed by atoms with Crippen LogP contribution < -0.4 is 14.8 Å². The Hall–Kier alpha value is -2.96. The van der Waals surface area contributed by atoms with Crippen LogP contribution in [0.3, 0.4) is 0 Å². The van der Waals surface area contributed by atoms with Crippen LogP contribution in [0.5, 0.6) is 11.5 Å². The van der Waals surface area contributed by atoms with Crippen molar-refractivity contribution < 1.29 is 23.8 Å². The van der Waals surface area contributed by atoms with Crippen LogP contribution in [-0.4, -0.2) is 36.8 Å². The van der Waals surface area contributed by atoms with Crippen molar-refractivity contribution in [1.82, 2.24) is 9.88 Å². The van der Waals surface area contributed by atoms with Gasteiger partial charge in [-0.1, -0.05) is 6.07 Å². The van der Waals surface area contributed by atoms with Gasteiger partial charge in [0.25, 0.3) is 0 Å². The maximum Gasteiger partial charge on any atom is 0.339 e. The molecule has 0 aliphatic carbocycles. The highest BCUT2D eigenvalue weighted by Crippen LogP contribution is 2.28. The van der Waals surface area contributed by atoms with Gasteiger partial charge in [0.15, 0.2) is 11.5 Å². The molecule has 1 aromatic carbocycles. The summed E-state index contributed by atoms with van der Waals surface area (Å²) in [5.41, 5.74) is 2.94. The molecule has 0 aliphatic rings. The number of esters is 1. The molecule has 0 fully saturated rings. The molecule has 0 aliphatic heterocycles. The van der Waals surface area contributed by atoms with Gasteiger partial charge in [-0.25, -0.2) is 4.79 Å². The van der Waals surface area contributed by atoms with Gasteiger partial charge >= 0.3 is 5.97 Å². The normalized spacial score (nSPS) is 10.5. The van der Waals surface area contributed by atoms with E-state index in [1.807, 2.05) is 39.0 Å². The van der Waals surface area contributed by atoms with Crippen LogP contribution in [0.25, 0.3) is 0 Å². The van der Waals surface area contributed by atoms with Crippen molar-refractivity contribution in [1.29, 1.82) is 0 Å². The smallest absolute Gasteiger partial charge is 0.339 e. The van der Waals surface area contributed by atoms with Gasteiger partial charge in [-0.15, -0.1) is 0 Å². The van der Waals surface area contributed by atoms with Crippen molar-refractivity contribution in [3.63, 3.8) is 0 Å². The second-order valence-electron chi connectivity index (χ2n) is 6.29. The fourth-order valence-corrected chi connectivity index (χ4v) is 2.96. The maximum atomic E-state index is 12.4. The monoisotopic (exact) mass is 388 g/mol. The van der Waals surface area contributed by atoms with Crippen LogP contribution >= 0.6 is 0 Å². The minimum Gasteiger partial charge on any atom is -0.493 e. The summed E-state index contributed by atoms with van der Waals surface area (Å²) in [5, 5.41) is 2.90. The lowest BCUT2D eigenvalue weighted by molar-refractivity contribution is -0.121. The molecule has 0 bridgehead atoms. The van der Waals surface area contributed by atoms with Gasteiger partial charge < -0.3 is 24.1 Å². The van der Waals surface area contributed by atoms with E-state index in [9.17, 15) is 9.59 Å². The maximum absolute atomic E-state index is 12.4. The molecule has 2 rings (SSSR count). The molecule has 0 spiro atoms. The van der Waals surface area contributed by atoms with Crippen LogP contribution in [0.15, 0.2) is 24.3 Å². The zero-order valence-electron chi connectivity index (χ0n) is 17.1. The Morgan fingerprint density at radius 3 is 2.46 bits per heavy atom. The third kappa shape index (κ3) is 5.06. The first-order valence-corrected chi connectivity index (χ1v) is 9.31. The van der Waals surface area contributed by atoms with Crippen molar-refractivity contribution in [3.8, 4) is 11.5 Å². The Bertz CT molecular complexity index is 842. The zero-order chi connectivity index (χ0) is 20.7. The molecule has 1 aromatic heterocycles. The largest absolute Gasteiger partial charge is 0.493 e. The van der Waals surface area contributed by atoms with Gasteiger partial charge in [-0.2, -0.15) is 0 Å². The van der Waals surface area contributed by atoms with Gasteiger partial charge in [0, 0.05) is 17.9 Å². The number of hydrogen-bond acceptors (Lipinski definition) is 5. The lowest BCUT2D eigenvalue weighted by Crippen LogP contribution is -2.28. The molecule has 0 saturated heterocycles. The molecule has 2 aromatic rings. The SMILES string of the molecule is CCOC(=O)c1cc(C)n(CC(=O)NCc2ccc(OCC)c(OC)c2)c1C. The average Bonchev–Trinajstić information content (AvgIpc) is 2.96. The third-order valence-corrected chi connectivity index (χ3v) is 4.39. The van der Waals surface area contributed by atoms with E-state index in [0.29, 0.717) is 42.5 Å². The molecular weight excluding hydrogens is 360 g/mol. The van der Waals surface area contributed by atoms with Crippen molar-refractivity contribution in [2.75, 3.05) is 20.3 Å². The number of nitrogens with one attached hydrogen (secondary N) is 1. The van der Waals surface area contributed by atoms with E-state index in [1.165, 1.54) is 0 Å². The summed E-state index contributed by atoms with van der Waals surface area (Å²) in [6.45, 7) is 8.71. The molecular formula is C21H28N2O5. The fourth-order valence-electron chi connectivity index (χ4n) is 2.96. The fraction of sp³-hybridized carbons (Fsp3) is 0.429. The van der Waals surface area contributed by atoms with Gasteiger partial charge in [0.05, 0.1) is 25.9 Å². The van der Waals surface area contributed by atoms with Crippen LogP contribution in [0.2, 0.25) is 0 Å². The van der Waals surface area contributed by atoms with Crippen LogP contribution in [0, 0.1) is 13.8 Å². The number of nitrogens with zero attached hydrogens (tertiary/aromatic N) is 1. The van der Waals surface area contributed by atoms with Gasteiger partial charge in [-0.05, 0) is 51.5 Å². The molecule has 1 heterocycles. The van der Waals surface area contributed by atoms with E-state index in [1.54, 1.807) is 24.7 Å². The molecule has 0 saturated carbocycles. The van der Waals surface area contributed by atoms with E-state index in [0.717, 1.165) is 11.3 Å². The van der Waals surface area contributed by atoms with E-state index in [2.05, 4.69) is 5.32 Å². The number of ether oxygens (including phenoxy) is 3. The molecule has 152 valence electrons. The van der Waals surface area contributed by atoms with E-state index in [4.69, 9.17) is 14.2 Å². The summed E-state index contributed by atoms with van der Waals surface area (Å²) >= 11 is 0. The molecule has 0 unspecified atom stereocenters. The molecule has 0 radical (unpaired) electrons. The summed E-state index contributed by atoms with van der Waals surface area (Å²) in [4.78, 5) is 24.4. The molecule has 1 N–H and O–H groups in total. The van der Waals surface area contributed by atoms with Crippen molar-refractivity contribution >= 4 is 11.9 Å². The van der Waals surface area contributed by atoms with Gasteiger partial charge in [0.2, 0.25) is 5.91 Å². The van der Waals surface area contributed by atoms with Crippen molar-refractivity contribution in [3.05, 3.63) is 46.8 Å². The number of carbonyl (C=O) groups is 2. The van der Waals surface area contributed by atoms with E-state index >= 15 is 0 Å². The first kappa shape index (κ1) is 21.3. The first-order chi connectivity index (χ1) is 13.4. The Morgan fingerprint density at radius 2 is 1.82 bits per heavy atom. The minimum atomic E-state index is -0.372. The van der Waals surface area contributed by atoms with E-state index < -0.39 is 0 Å². The lowest BCUT2D eigenvalue weighted by atomic mass is 10.2. The first-order valence-electron chi connectivity index (χ1n) is 9.31. The number of rotatable bonds is 9. The number of hydrogen-bond donors (Lipinski definition) is 1. The zero-order valence-corrected chi connectivity index (χ0v) is 17.1. The Kier molecular flexibility index (Phi) is 7.49. The summed E-state index contributed by atoms with van der Waals surface area (Å²) in [7, 11) is 1.58. The van der Waals surface area contributed by atoms with Gasteiger partial charge in [-0.3, -0.25) is 4.79 Å². The summed E-state index contributed by atoms with van der Waals surface area (Å²) < 4.78 is 17.7. The average molecular weight is 388 g/mol. The van der Waals surface area contributed by atoms with Crippen molar-refractivity contribution in [2.24, 2.45) is 0 Å². The van der Waals surface area contributed by atoms with Crippen molar-refractivity contribution in [2.45, 2.75) is 40.8 Å². The number of amides is 1. The highest BCUT2D eigenvalue weighted by atomic mass is 16.5. The number of carbonyl (C=O) groups excluding carboxylic acids is 2. The minimum absolute atomic E-state index is 0.130. The highest BCUT2D eigenvalue weighted by Gasteiger charge is 2.18. The predicted molar refractivity (Wildman–Crippen MR) is 106 cm³/mol. The highest BCUT2D eigenvalue weighted by molar-refractivity contribution is 5.91. The van der Waals surface area contributed by atoms with Crippen LogP contribution in [0.1, 0.15) is 41.2 Å². The number of benzene rings is 1. The Labute approximate surface area is 165 Å². The predicted octanol–water partition coefficient (Wildman–Crippen LogP) is 3.01. The lowest BCUT2D eigenvalue weighted by Gasteiger charge is -2.13. The van der Waals surface area contributed by atoms with Crippen LogP contribution in [0.4, 0.5) is 0 Å². The quantitative estimate of drug-likeness (QED) is 0.668. The van der Waals surface area contributed by atoms with E-state index in [-0.39, 0.29) is 18.4 Å². The summed E-state index contributed by atoms with van der Waals surface area (Å²) in [6, 6.07) is 7.31. The summed E-state index contributed by atoms with van der Waals surface area (Å²) in [5.74, 6) is 0.781. The Morgan fingerprint density at radius 1 is 1.07 bits per heavy atom. The number of aromatic nitrogens is 1. The van der Waals surface area contributed by atoms with Crippen LogP contribution in [-0.2, 0) is 22.6 Å². The second-order valence-corrected chi connectivity index (χ2v) is 6.29. The number of methoxy groups -OCH3 is 1. The Balaban J connectivity index is 2.02. The molecule has 1 amide bonds.